The Kier molecular flexibility index (Phi) is 12.5. The largest absolute Gasteiger partial charge is 0.444 e. The zero-order valence-electron chi connectivity index (χ0n) is 23.4. The van der Waals surface area contributed by atoms with Crippen LogP contribution in [0.25, 0.3) is 0 Å². The van der Waals surface area contributed by atoms with Gasteiger partial charge in [0.05, 0.1) is 18.1 Å². The third-order valence-electron chi connectivity index (χ3n) is 6.22. The molecule has 3 amide bonds. The summed E-state index contributed by atoms with van der Waals surface area (Å²) in [6, 6.07) is 5.51. The lowest BCUT2D eigenvalue weighted by Gasteiger charge is -2.44. The summed E-state index contributed by atoms with van der Waals surface area (Å²) in [7, 11) is 1.62. The Balaban J connectivity index is 3.54. The fourth-order valence-corrected chi connectivity index (χ4v) is 4.23. The van der Waals surface area contributed by atoms with Crippen molar-refractivity contribution in [3.05, 3.63) is 35.9 Å². The zero-order chi connectivity index (χ0) is 28.5. The number of nitrogens with two attached hydrogens (primary N) is 1. The lowest BCUT2D eigenvalue weighted by Crippen LogP contribution is -2.65. The van der Waals surface area contributed by atoms with Gasteiger partial charge in [0.25, 0.3) is 0 Å². The lowest BCUT2D eigenvalue weighted by molar-refractivity contribution is -0.152. The fourth-order valence-electron chi connectivity index (χ4n) is 4.23. The Morgan fingerprint density at radius 3 is 2.05 bits per heavy atom. The van der Waals surface area contributed by atoms with Crippen molar-refractivity contribution in [3.63, 3.8) is 0 Å². The average molecular weight is 523 g/mol. The van der Waals surface area contributed by atoms with Gasteiger partial charge < -0.3 is 36.2 Å². The van der Waals surface area contributed by atoms with Crippen molar-refractivity contribution in [2.75, 3.05) is 7.05 Å². The fraction of sp³-hybridized carbons (Fsp3) is 0.667. The summed E-state index contributed by atoms with van der Waals surface area (Å²) in [5.41, 5.74) is 5.80. The Bertz CT molecular complexity index is 873. The first-order valence-corrected chi connectivity index (χ1v) is 12.8. The zero-order valence-corrected chi connectivity index (χ0v) is 23.4. The SMILES string of the molecule is CC[C@H](NC(=O)OC(C)(C)C)[C@@H](O)[C@@H](O)[C@@H](Cc1ccccc1)N(C(=O)[C@H](C)NC)[C@H](C(N)=O)C(C)C. The van der Waals surface area contributed by atoms with Crippen LogP contribution in [0.15, 0.2) is 30.3 Å². The number of rotatable bonds is 13. The topological polar surface area (TPSA) is 154 Å². The summed E-state index contributed by atoms with van der Waals surface area (Å²) in [5.74, 6) is -1.53. The Hall–Kier alpha value is -2.69. The second-order valence-electron chi connectivity index (χ2n) is 10.7. The van der Waals surface area contributed by atoms with Crippen LogP contribution in [0, 0.1) is 5.92 Å². The van der Waals surface area contributed by atoms with Gasteiger partial charge in [0, 0.05) is 0 Å². The number of aliphatic hydroxyl groups is 2. The van der Waals surface area contributed by atoms with Crippen molar-refractivity contribution < 1.29 is 29.3 Å². The highest BCUT2D eigenvalue weighted by molar-refractivity contribution is 5.89. The van der Waals surface area contributed by atoms with Gasteiger partial charge in [-0.2, -0.15) is 0 Å². The molecule has 0 heterocycles. The number of amides is 3. The van der Waals surface area contributed by atoms with Crippen LogP contribution in [-0.4, -0.2) is 82.0 Å². The van der Waals surface area contributed by atoms with Gasteiger partial charge in [-0.05, 0) is 59.1 Å². The molecule has 0 bridgehead atoms. The van der Waals surface area contributed by atoms with Crippen LogP contribution >= 0.6 is 0 Å². The smallest absolute Gasteiger partial charge is 0.407 e. The van der Waals surface area contributed by atoms with Gasteiger partial charge in [-0.25, -0.2) is 4.79 Å². The second-order valence-corrected chi connectivity index (χ2v) is 10.7. The van der Waals surface area contributed by atoms with Crippen LogP contribution in [0.2, 0.25) is 0 Å². The number of hydrogen-bond acceptors (Lipinski definition) is 7. The molecule has 10 heteroatoms. The first-order chi connectivity index (χ1) is 17.1. The van der Waals surface area contributed by atoms with Gasteiger partial charge in [0.2, 0.25) is 11.8 Å². The number of primary amides is 1. The molecule has 0 aliphatic rings. The molecule has 6 N–H and O–H groups in total. The van der Waals surface area contributed by atoms with E-state index in [9.17, 15) is 24.6 Å². The van der Waals surface area contributed by atoms with Gasteiger partial charge in [-0.3, -0.25) is 9.59 Å². The quantitative estimate of drug-likeness (QED) is 0.263. The number of alkyl carbamates (subject to hydrolysis) is 1. The van der Waals surface area contributed by atoms with Crippen LogP contribution in [0.5, 0.6) is 0 Å². The maximum absolute atomic E-state index is 13.6. The third-order valence-corrected chi connectivity index (χ3v) is 6.22. The third kappa shape index (κ3) is 9.60. The number of ether oxygens (including phenoxy) is 1. The van der Waals surface area contributed by atoms with Crippen LogP contribution in [0.1, 0.15) is 60.5 Å². The molecule has 210 valence electrons. The van der Waals surface area contributed by atoms with E-state index >= 15 is 0 Å². The van der Waals surface area contributed by atoms with Gasteiger partial charge in [-0.15, -0.1) is 0 Å². The number of carbonyl (C=O) groups is 3. The van der Waals surface area contributed by atoms with E-state index in [4.69, 9.17) is 10.5 Å². The molecule has 0 spiro atoms. The van der Waals surface area contributed by atoms with E-state index < -0.39 is 59.9 Å². The van der Waals surface area contributed by atoms with E-state index in [1.807, 2.05) is 30.3 Å². The van der Waals surface area contributed by atoms with E-state index in [-0.39, 0.29) is 18.8 Å². The average Bonchev–Trinajstić information content (AvgIpc) is 2.81. The molecule has 37 heavy (non-hydrogen) atoms. The molecule has 0 fully saturated rings. The van der Waals surface area contributed by atoms with Crippen molar-refractivity contribution in [3.8, 4) is 0 Å². The normalized spacial score (nSPS) is 16.7. The lowest BCUT2D eigenvalue weighted by atomic mass is 9.88. The first-order valence-electron chi connectivity index (χ1n) is 12.8. The summed E-state index contributed by atoms with van der Waals surface area (Å²) >= 11 is 0. The molecular weight excluding hydrogens is 476 g/mol. The minimum Gasteiger partial charge on any atom is -0.444 e. The number of aliphatic hydroxyl groups excluding tert-OH is 2. The molecule has 1 rings (SSSR count). The van der Waals surface area contributed by atoms with Gasteiger partial charge in [0.1, 0.15) is 23.9 Å². The highest BCUT2D eigenvalue weighted by Crippen LogP contribution is 2.24. The Morgan fingerprint density at radius 2 is 1.62 bits per heavy atom. The summed E-state index contributed by atoms with van der Waals surface area (Å²) in [6.45, 7) is 12.1. The molecule has 0 aliphatic carbocycles. The van der Waals surface area contributed by atoms with Crippen LogP contribution < -0.4 is 16.4 Å². The van der Waals surface area contributed by atoms with Crippen molar-refractivity contribution in [1.29, 1.82) is 0 Å². The first kappa shape index (κ1) is 32.3. The van der Waals surface area contributed by atoms with E-state index in [1.165, 1.54) is 4.90 Å². The monoisotopic (exact) mass is 522 g/mol. The summed E-state index contributed by atoms with van der Waals surface area (Å²) in [5, 5.41) is 28.3. The number of benzene rings is 1. The second kappa shape index (κ2) is 14.3. The van der Waals surface area contributed by atoms with E-state index in [2.05, 4.69) is 10.6 Å². The van der Waals surface area contributed by atoms with Crippen LogP contribution in [-0.2, 0) is 20.7 Å². The minimum atomic E-state index is -1.53. The summed E-state index contributed by atoms with van der Waals surface area (Å²) in [6.07, 6.45) is -3.33. The molecular formula is C27H46N4O6. The molecule has 0 radical (unpaired) electrons. The summed E-state index contributed by atoms with van der Waals surface area (Å²) in [4.78, 5) is 39.9. The number of likely N-dealkylation sites (N-methyl/N-ethyl adjacent to an activating group) is 1. The van der Waals surface area contributed by atoms with Crippen molar-refractivity contribution in [1.82, 2.24) is 15.5 Å². The van der Waals surface area contributed by atoms with Crippen LogP contribution in [0.3, 0.4) is 0 Å². The summed E-state index contributed by atoms with van der Waals surface area (Å²) < 4.78 is 5.31. The molecule has 10 nitrogen and oxygen atoms in total. The van der Waals surface area contributed by atoms with Gasteiger partial charge >= 0.3 is 6.09 Å². The Morgan fingerprint density at radius 1 is 1.05 bits per heavy atom. The van der Waals surface area contributed by atoms with E-state index in [0.29, 0.717) is 0 Å². The van der Waals surface area contributed by atoms with E-state index in [0.717, 1.165) is 5.56 Å². The number of hydrogen-bond donors (Lipinski definition) is 5. The highest BCUT2D eigenvalue weighted by Gasteiger charge is 2.44. The predicted octanol–water partition coefficient (Wildman–Crippen LogP) is 1.57. The number of carbonyl (C=O) groups excluding carboxylic acids is 3. The molecule has 0 aliphatic heterocycles. The van der Waals surface area contributed by atoms with Crippen molar-refractivity contribution in [2.24, 2.45) is 11.7 Å². The molecule has 1 aromatic carbocycles. The van der Waals surface area contributed by atoms with Crippen molar-refractivity contribution >= 4 is 17.9 Å². The molecule has 0 aromatic heterocycles. The molecule has 0 saturated heterocycles. The molecule has 1 aromatic rings. The Labute approximate surface area is 220 Å². The predicted molar refractivity (Wildman–Crippen MR) is 143 cm³/mol. The number of nitrogens with zero attached hydrogens (tertiary/aromatic N) is 1. The molecule has 0 unspecified atom stereocenters. The highest BCUT2D eigenvalue weighted by atomic mass is 16.6. The molecule has 0 saturated carbocycles. The number of nitrogens with one attached hydrogen (secondary N) is 2. The van der Waals surface area contributed by atoms with Gasteiger partial charge in [0.15, 0.2) is 0 Å². The maximum Gasteiger partial charge on any atom is 0.407 e. The van der Waals surface area contributed by atoms with Crippen molar-refractivity contribution in [2.45, 2.75) is 103 Å². The molecule has 6 atom stereocenters. The maximum atomic E-state index is 13.6. The van der Waals surface area contributed by atoms with E-state index in [1.54, 1.807) is 55.5 Å². The minimum absolute atomic E-state index is 0.139. The standard InChI is InChI=1S/C27H46N4O6/c1-9-19(30-26(36)37-27(5,6)7)22(32)23(33)20(15-18-13-11-10-12-14-18)31(25(35)17(4)29-8)21(16(2)3)24(28)34/h10-14,16-17,19-23,29,32-33H,9,15H2,1-8H3,(H2,28,34)(H,30,36)/t17-,19-,20+,21-,22+,23-/m0/s1. The van der Waals surface area contributed by atoms with Crippen LogP contribution in [0.4, 0.5) is 4.79 Å². The van der Waals surface area contributed by atoms with Gasteiger partial charge in [-0.1, -0.05) is 51.1 Å².